The third-order valence-corrected chi connectivity index (χ3v) is 3.02. The fourth-order valence-corrected chi connectivity index (χ4v) is 2.03. The molecule has 1 aromatic carbocycles. The molecule has 0 aliphatic heterocycles. The highest BCUT2D eigenvalue weighted by Gasteiger charge is 2.07. The van der Waals surface area contributed by atoms with Gasteiger partial charge in [-0.25, -0.2) is 9.97 Å². The van der Waals surface area contributed by atoms with Crippen molar-refractivity contribution in [2.45, 2.75) is 33.6 Å². The number of hydrogen-bond donors (Lipinski definition) is 0. The van der Waals surface area contributed by atoms with Gasteiger partial charge in [0.05, 0.1) is 5.69 Å². The van der Waals surface area contributed by atoms with Crippen LogP contribution in [0.15, 0.2) is 30.3 Å². The van der Waals surface area contributed by atoms with E-state index >= 15 is 0 Å². The van der Waals surface area contributed by atoms with E-state index in [0.717, 1.165) is 22.8 Å². The van der Waals surface area contributed by atoms with E-state index < -0.39 is 0 Å². The van der Waals surface area contributed by atoms with Crippen LogP contribution < -0.4 is 0 Å². The van der Waals surface area contributed by atoms with Gasteiger partial charge in [-0.1, -0.05) is 24.3 Å². The minimum Gasteiger partial charge on any atom is -0.300 e. The van der Waals surface area contributed by atoms with Crippen LogP contribution in [0.5, 0.6) is 0 Å². The lowest BCUT2D eigenvalue weighted by atomic mass is 10.0. The molecule has 0 fully saturated rings. The fraction of sp³-hybridized carbons (Fsp3) is 0.312. The van der Waals surface area contributed by atoms with E-state index in [2.05, 4.69) is 29.0 Å². The fourth-order valence-electron chi connectivity index (χ4n) is 2.03. The number of ketones is 1. The Balaban J connectivity index is 2.36. The van der Waals surface area contributed by atoms with Gasteiger partial charge in [0.1, 0.15) is 11.6 Å². The number of carbonyl (C=O) groups excluding carboxylic acids is 1. The van der Waals surface area contributed by atoms with Crippen LogP contribution in [0.2, 0.25) is 0 Å². The maximum absolute atomic E-state index is 11.1. The minimum absolute atomic E-state index is 0.169. The molecule has 0 saturated heterocycles. The van der Waals surface area contributed by atoms with Crippen molar-refractivity contribution in [3.8, 4) is 11.3 Å². The molecule has 0 amide bonds. The van der Waals surface area contributed by atoms with Gasteiger partial charge >= 0.3 is 0 Å². The van der Waals surface area contributed by atoms with Crippen molar-refractivity contribution in [3.05, 3.63) is 47.4 Å². The summed E-state index contributed by atoms with van der Waals surface area (Å²) in [6.45, 7) is 5.63. The summed E-state index contributed by atoms with van der Waals surface area (Å²) in [4.78, 5) is 20.0. The number of aryl methyl sites for hydroxylation is 3. The highest BCUT2D eigenvalue weighted by Crippen LogP contribution is 2.21. The zero-order valence-electron chi connectivity index (χ0n) is 11.6. The van der Waals surface area contributed by atoms with Gasteiger partial charge in [-0.15, -0.1) is 0 Å². The van der Waals surface area contributed by atoms with E-state index in [0.29, 0.717) is 12.8 Å². The van der Waals surface area contributed by atoms with Gasteiger partial charge in [0.15, 0.2) is 0 Å². The SMILES string of the molecule is CC(=O)CCc1nc(C)cc(-c2ccccc2C)n1. The van der Waals surface area contributed by atoms with E-state index in [-0.39, 0.29) is 5.78 Å². The van der Waals surface area contributed by atoms with Crippen molar-refractivity contribution >= 4 is 5.78 Å². The summed E-state index contributed by atoms with van der Waals surface area (Å²) < 4.78 is 0. The largest absolute Gasteiger partial charge is 0.300 e. The number of carbonyl (C=O) groups is 1. The lowest BCUT2D eigenvalue weighted by Gasteiger charge is -2.08. The summed E-state index contributed by atoms with van der Waals surface area (Å²) >= 11 is 0. The number of benzene rings is 1. The van der Waals surface area contributed by atoms with Crippen LogP contribution in [-0.2, 0) is 11.2 Å². The first-order valence-corrected chi connectivity index (χ1v) is 6.46. The molecule has 19 heavy (non-hydrogen) atoms. The molecule has 2 rings (SSSR count). The van der Waals surface area contributed by atoms with Crippen molar-refractivity contribution in [1.29, 1.82) is 0 Å². The monoisotopic (exact) mass is 254 g/mol. The topological polar surface area (TPSA) is 42.9 Å². The second-order valence-electron chi connectivity index (χ2n) is 4.83. The smallest absolute Gasteiger partial charge is 0.130 e. The molecule has 0 aliphatic carbocycles. The molecule has 98 valence electrons. The van der Waals surface area contributed by atoms with Crippen LogP contribution in [0.4, 0.5) is 0 Å². The molecule has 0 aliphatic rings. The predicted molar refractivity (Wildman–Crippen MR) is 75.9 cm³/mol. The molecule has 0 radical (unpaired) electrons. The van der Waals surface area contributed by atoms with Gasteiger partial charge in [-0.2, -0.15) is 0 Å². The predicted octanol–water partition coefficient (Wildman–Crippen LogP) is 3.28. The van der Waals surface area contributed by atoms with Gasteiger partial charge in [0.25, 0.3) is 0 Å². The zero-order chi connectivity index (χ0) is 13.8. The standard InChI is InChI=1S/C16H18N2O/c1-11-6-4-5-7-14(11)15-10-12(2)17-16(18-15)9-8-13(3)19/h4-7,10H,8-9H2,1-3H3. The lowest BCUT2D eigenvalue weighted by molar-refractivity contribution is -0.117. The van der Waals surface area contributed by atoms with Gasteiger partial charge < -0.3 is 4.79 Å². The zero-order valence-corrected chi connectivity index (χ0v) is 11.6. The molecule has 3 nitrogen and oxygen atoms in total. The molecule has 1 heterocycles. The maximum Gasteiger partial charge on any atom is 0.130 e. The van der Waals surface area contributed by atoms with Crippen LogP contribution in [0.1, 0.15) is 30.4 Å². The highest BCUT2D eigenvalue weighted by atomic mass is 16.1. The van der Waals surface area contributed by atoms with E-state index in [9.17, 15) is 4.79 Å². The summed E-state index contributed by atoms with van der Waals surface area (Å²) in [5.74, 6) is 0.913. The van der Waals surface area contributed by atoms with Gasteiger partial charge in [-0.05, 0) is 32.4 Å². The van der Waals surface area contributed by atoms with Gasteiger partial charge in [0, 0.05) is 24.1 Å². The number of hydrogen-bond acceptors (Lipinski definition) is 3. The van der Waals surface area contributed by atoms with Crippen LogP contribution in [0.25, 0.3) is 11.3 Å². The summed E-state index contributed by atoms with van der Waals surface area (Å²) in [6.07, 6.45) is 1.10. The lowest BCUT2D eigenvalue weighted by Crippen LogP contribution is -2.02. The highest BCUT2D eigenvalue weighted by molar-refractivity contribution is 5.75. The summed E-state index contributed by atoms with van der Waals surface area (Å²) in [5, 5.41) is 0. The quantitative estimate of drug-likeness (QED) is 0.841. The molecule has 0 spiro atoms. The van der Waals surface area contributed by atoms with E-state index in [1.807, 2.05) is 25.1 Å². The number of aromatic nitrogens is 2. The average molecular weight is 254 g/mol. The first kappa shape index (κ1) is 13.4. The van der Waals surface area contributed by atoms with Crippen LogP contribution >= 0.6 is 0 Å². The Morgan fingerprint density at radius 2 is 1.89 bits per heavy atom. The third-order valence-electron chi connectivity index (χ3n) is 3.02. The molecule has 0 N–H and O–H groups in total. The Hall–Kier alpha value is -2.03. The molecule has 1 aromatic heterocycles. The van der Waals surface area contributed by atoms with E-state index in [1.165, 1.54) is 5.56 Å². The summed E-state index contributed by atoms with van der Waals surface area (Å²) in [5.41, 5.74) is 4.19. The first-order valence-electron chi connectivity index (χ1n) is 6.46. The Morgan fingerprint density at radius 3 is 2.58 bits per heavy atom. The molecule has 0 atom stereocenters. The third kappa shape index (κ3) is 3.47. The number of Topliss-reactive ketones (excluding diaryl/α,β-unsaturated/α-hetero) is 1. The van der Waals surface area contributed by atoms with Crippen LogP contribution in [0.3, 0.4) is 0 Å². The first-order chi connectivity index (χ1) is 9.06. The Kier molecular flexibility index (Phi) is 4.05. The van der Waals surface area contributed by atoms with Crippen molar-refractivity contribution in [3.63, 3.8) is 0 Å². The molecular formula is C16H18N2O. The van der Waals surface area contributed by atoms with Crippen molar-refractivity contribution in [2.75, 3.05) is 0 Å². The average Bonchev–Trinajstić information content (AvgIpc) is 2.36. The molecule has 3 heteroatoms. The van der Waals surface area contributed by atoms with E-state index in [1.54, 1.807) is 6.92 Å². The molecule has 2 aromatic rings. The Labute approximate surface area is 113 Å². The van der Waals surface area contributed by atoms with Crippen molar-refractivity contribution in [2.24, 2.45) is 0 Å². The molecule has 0 unspecified atom stereocenters. The normalized spacial score (nSPS) is 10.5. The van der Waals surface area contributed by atoms with Gasteiger partial charge in [-0.3, -0.25) is 0 Å². The Bertz CT molecular complexity index is 605. The second-order valence-corrected chi connectivity index (χ2v) is 4.83. The van der Waals surface area contributed by atoms with E-state index in [4.69, 9.17) is 0 Å². The summed E-state index contributed by atoms with van der Waals surface area (Å²) in [6, 6.07) is 10.1. The maximum atomic E-state index is 11.1. The number of rotatable bonds is 4. The van der Waals surface area contributed by atoms with Gasteiger partial charge in [0.2, 0.25) is 0 Å². The van der Waals surface area contributed by atoms with Crippen LogP contribution in [-0.4, -0.2) is 15.8 Å². The Morgan fingerprint density at radius 1 is 1.16 bits per heavy atom. The number of nitrogens with zero attached hydrogens (tertiary/aromatic N) is 2. The molecule has 0 bridgehead atoms. The minimum atomic E-state index is 0.169. The van der Waals surface area contributed by atoms with Crippen LogP contribution in [0, 0.1) is 13.8 Å². The van der Waals surface area contributed by atoms with Crippen molar-refractivity contribution < 1.29 is 4.79 Å². The second kappa shape index (κ2) is 5.74. The molecule has 0 saturated carbocycles. The summed E-state index contributed by atoms with van der Waals surface area (Å²) in [7, 11) is 0. The van der Waals surface area contributed by atoms with Crippen molar-refractivity contribution in [1.82, 2.24) is 9.97 Å². The molecular weight excluding hydrogens is 236 g/mol.